The van der Waals surface area contributed by atoms with Gasteiger partial charge in [-0.25, -0.2) is 8.78 Å². The van der Waals surface area contributed by atoms with Gasteiger partial charge in [-0.15, -0.1) is 0 Å². The van der Waals surface area contributed by atoms with Crippen LogP contribution < -0.4 is 14.2 Å². The zero-order valence-corrected chi connectivity index (χ0v) is 17.0. The van der Waals surface area contributed by atoms with E-state index in [0.29, 0.717) is 42.4 Å². The lowest BCUT2D eigenvalue weighted by atomic mass is 10.1. The van der Waals surface area contributed by atoms with Gasteiger partial charge in [0.2, 0.25) is 5.75 Å². The molecule has 0 spiro atoms. The third kappa shape index (κ3) is 5.16. The first-order valence-electron chi connectivity index (χ1n) is 9.61. The fraction of sp³-hybridized carbons (Fsp3) is 0.455. The minimum absolute atomic E-state index is 0.117. The Kier molecular flexibility index (Phi) is 7.28. The second-order valence-corrected chi connectivity index (χ2v) is 7.05. The average Bonchev–Trinajstić information content (AvgIpc) is 3.23. The Balaban J connectivity index is 1.86. The molecule has 5 nitrogen and oxygen atoms in total. The van der Waals surface area contributed by atoms with Crippen molar-refractivity contribution in [1.82, 2.24) is 4.90 Å². The molecule has 1 saturated heterocycles. The quantitative estimate of drug-likeness (QED) is 0.624. The molecule has 1 atom stereocenters. The monoisotopic (exact) mass is 407 g/mol. The van der Waals surface area contributed by atoms with Gasteiger partial charge in [0.05, 0.1) is 27.4 Å². The van der Waals surface area contributed by atoms with E-state index in [4.69, 9.17) is 18.9 Å². The standard InChI is InChI=1S/C22H27F2NO4/c1-26-20-9-7-16(21(27-2)22(20)28-3)13-25(14-17-5-4-10-29-17)12-15-6-8-18(23)19(24)11-15/h6-9,11,17H,4-5,10,12-14H2,1-3H3. The number of methoxy groups -OCH3 is 3. The Bertz CT molecular complexity index is 825. The van der Waals surface area contributed by atoms with E-state index >= 15 is 0 Å². The largest absolute Gasteiger partial charge is 0.493 e. The summed E-state index contributed by atoms with van der Waals surface area (Å²) in [7, 11) is 4.72. The predicted molar refractivity (Wildman–Crippen MR) is 106 cm³/mol. The summed E-state index contributed by atoms with van der Waals surface area (Å²) in [4.78, 5) is 2.15. The lowest BCUT2D eigenvalue weighted by molar-refractivity contribution is 0.0675. The van der Waals surface area contributed by atoms with Gasteiger partial charge in [-0.2, -0.15) is 0 Å². The second-order valence-electron chi connectivity index (χ2n) is 7.05. The molecule has 1 unspecified atom stereocenters. The number of halogens is 2. The maximum Gasteiger partial charge on any atom is 0.203 e. The summed E-state index contributed by atoms with van der Waals surface area (Å²) in [5.74, 6) is 0.00972. The van der Waals surface area contributed by atoms with Gasteiger partial charge in [-0.05, 0) is 36.6 Å². The maximum atomic E-state index is 13.7. The Hall–Kier alpha value is -2.38. The maximum absolute atomic E-state index is 13.7. The fourth-order valence-corrected chi connectivity index (χ4v) is 3.69. The molecule has 0 saturated carbocycles. The predicted octanol–water partition coefficient (Wildman–Crippen LogP) is 4.17. The first-order valence-corrected chi connectivity index (χ1v) is 9.61. The van der Waals surface area contributed by atoms with E-state index in [0.717, 1.165) is 31.1 Å². The molecule has 0 amide bonds. The molecule has 0 aromatic heterocycles. The summed E-state index contributed by atoms with van der Waals surface area (Å²) >= 11 is 0. The van der Waals surface area contributed by atoms with Crippen LogP contribution in [0.3, 0.4) is 0 Å². The van der Waals surface area contributed by atoms with Crippen LogP contribution in [-0.2, 0) is 17.8 Å². The smallest absolute Gasteiger partial charge is 0.203 e. The van der Waals surface area contributed by atoms with Crippen LogP contribution in [0.1, 0.15) is 24.0 Å². The highest BCUT2D eigenvalue weighted by atomic mass is 19.2. The van der Waals surface area contributed by atoms with Crippen LogP contribution in [-0.4, -0.2) is 45.5 Å². The molecule has 29 heavy (non-hydrogen) atoms. The van der Waals surface area contributed by atoms with E-state index < -0.39 is 11.6 Å². The topological polar surface area (TPSA) is 40.2 Å². The van der Waals surface area contributed by atoms with E-state index in [9.17, 15) is 8.78 Å². The molecule has 0 bridgehead atoms. The van der Waals surface area contributed by atoms with Crippen molar-refractivity contribution < 1.29 is 27.7 Å². The van der Waals surface area contributed by atoms with Gasteiger partial charge in [-0.1, -0.05) is 12.1 Å². The van der Waals surface area contributed by atoms with Gasteiger partial charge in [0.15, 0.2) is 23.1 Å². The number of hydrogen-bond donors (Lipinski definition) is 0. The van der Waals surface area contributed by atoms with Gasteiger partial charge in [0.25, 0.3) is 0 Å². The molecule has 158 valence electrons. The van der Waals surface area contributed by atoms with E-state index in [1.165, 1.54) is 6.07 Å². The lowest BCUT2D eigenvalue weighted by Gasteiger charge is -2.27. The second kappa shape index (κ2) is 9.89. The number of ether oxygens (including phenoxy) is 4. The van der Waals surface area contributed by atoms with Crippen molar-refractivity contribution in [1.29, 1.82) is 0 Å². The Morgan fingerprint density at radius 1 is 0.966 bits per heavy atom. The Morgan fingerprint density at radius 2 is 1.76 bits per heavy atom. The lowest BCUT2D eigenvalue weighted by Crippen LogP contribution is -2.31. The van der Waals surface area contributed by atoms with Crippen LogP contribution in [0.2, 0.25) is 0 Å². The van der Waals surface area contributed by atoms with Gasteiger partial charge >= 0.3 is 0 Å². The number of benzene rings is 2. The highest BCUT2D eigenvalue weighted by Gasteiger charge is 2.23. The van der Waals surface area contributed by atoms with Crippen molar-refractivity contribution in [3.8, 4) is 17.2 Å². The van der Waals surface area contributed by atoms with E-state index in [1.54, 1.807) is 27.4 Å². The van der Waals surface area contributed by atoms with Crippen molar-refractivity contribution >= 4 is 0 Å². The Morgan fingerprint density at radius 3 is 2.38 bits per heavy atom. The van der Waals surface area contributed by atoms with E-state index in [-0.39, 0.29) is 6.10 Å². The third-order valence-electron chi connectivity index (χ3n) is 5.06. The molecule has 1 heterocycles. The number of rotatable bonds is 9. The van der Waals surface area contributed by atoms with Gasteiger partial charge in [0, 0.05) is 31.8 Å². The molecule has 2 aromatic carbocycles. The average molecular weight is 407 g/mol. The number of hydrogen-bond acceptors (Lipinski definition) is 5. The van der Waals surface area contributed by atoms with Crippen molar-refractivity contribution in [2.75, 3.05) is 34.5 Å². The molecule has 0 aliphatic carbocycles. The van der Waals surface area contributed by atoms with Crippen LogP contribution in [0.25, 0.3) is 0 Å². The van der Waals surface area contributed by atoms with Crippen molar-refractivity contribution in [3.05, 3.63) is 53.1 Å². The first-order chi connectivity index (χ1) is 14.0. The van der Waals surface area contributed by atoms with Crippen molar-refractivity contribution in [2.24, 2.45) is 0 Å². The number of nitrogens with zero attached hydrogens (tertiary/aromatic N) is 1. The summed E-state index contributed by atoms with van der Waals surface area (Å²) in [6, 6.07) is 7.76. The van der Waals surface area contributed by atoms with Crippen LogP contribution in [0.4, 0.5) is 8.78 Å². The first kappa shape index (κ1) is 21.3. The summed E-state index contributed by atoms with van der Waals surface area (Å²) in [5.41, 5.74) is 1.60. The van der Waals surface area contributed by atoms with Gasteiger partial charge in [-0.3, -0.25) is 4.90 Å². The Labute approximate surface area is 170 Å². The van der Waals surface area contributed by atoms with E-state index in [2.05, 4.69) is 4.90 Å². The molecule has 2 aromatic rings. The normalized spacial score (nSPS) is 16.3. The van der Waals surface area contributed by atoms with Crippen LogP contribution in [0, 0.1) is 11.6 Å². The fourth-order valence-electron chi connectivity index (χ4n) is 3.69. The minimum Gasteiger partial charge on any atom is -0.493 e. The van der Waals surface area contributed by atoms with Crippen LogP contribution in [0.5, 0.6) is 17.2 Å². The highest BCUT2D eigenvalue weighted by Crippen LogP contribution is 2.40. The molecular formula is C22H27F2NO4. The van der Waals surface area contributed by atoms with E-state index in [1.807, 2.05) is 12.1 Å². The SMILES string of the molecule is COc1ccc(CN(Cc2ccc(F)c(F)c2)CC2CCCO2)c(OC)c1OC. The zero-order valence-electron chi connectivity index (χ0n) is 17.0. The third-order valence-corrected chi connectivity index (χ3v) is 5.06. The van der Waals surface area contributed by atoms with Crippen LogP contribution in [0.15, 0.2) is 30.3 Å². The molecule has 1 aliphatic rings. The summed E-state index contributed by atoms with van der Waals surface area (Å²) in [6.45, 7) is 2.41. The molecule has 0 N–H and O–H groups in total. The molecule has 7 heteroatoms. The van der Waals surface area contributed by atoms with Gasteiger partial charge < -0.3 is 18.9 Å². The van der Waals surface area contributed by atoms with Crippen LogP contribution >= 0.6 is 0 Å². The van der Waals surface area contributed by atoms with Crippen molar-refractivity contribution in [3.63, 3.8) is 0 Å². The summed E-state index contributed by atoms with van der Waals surface area (Å²) in [5, 5.41) is 0. The summed E-state index contributed by atoms with van der Waals surface area (Å²) in [6.07, 6.45) is 2.13. The molecule has 1 aliphatic heterocycles. The molecule has 1 fully saturated rings. The van der Waals surface area contributed by atoms with Crippen molar-refractivity contribution in [2.45, 2.75) is 32.0 Å². The minimum atomic E-state index is -0.846. The summed E-state index contributed by atoms with van der Waals surface area (Å²) < 4.78 is 49.2. The van der Waals surface area contributed by atoms with Gasteiger partial charge in [0.1, 0.15) is 0 Å². The highest BCUT2D eigenvalue weighted by molar-refractivity contribution is 5.55. The molecule has 3 rings (SSSR count). The zero-order chi connectivity index (χ0) is 20.8. The molecule has 0 radical (unpaired) electrons. The molecular weight excluding hydrogens is 380 g/mol.